The number of H-pyrrole nitrogens is 1. The minimum Gasteiger partial charge on any atom is -0.394 e. The van der Waals surface area contributed by atoms with Gasteiger partial charge in [0.25, 0.3) is 5.56 Å². The van der Waals surface area contributed by atoms with E-state index in [0.29, 0.717) is 5.56 Å². The third-order valence-electron chi connectivity index (χ3n) is 3.22. The summed E-state index contributed by atoms with van der Waals surface area (Å²) in [6.07, 6.45) is 0.118. The van der Waals surface area contributed by atoms with Crippen molar-refractivity contribution < 1.29 is 14.9 Å². The van der Waals surface area contributed by atoms with E-state index in [0.717, 1.165) is 0 Å². The Hall–Kier alpha value is -1.44. The van der Waals surface area contributed by atoms with Crippen LogP contribution in [0.2, 0.25) is 0 Å². The summed E-state index contributed by atoms with van der Waals surface area (Å²) in [6, 6.07) is 0. The maximum Gasteiger partial charge on any atom is 0.330 e. The first-order valence-electron chi connectivity index (χ1n) is 5.66. The zero-order valence-electron chi connectivity index (χ0n) is 10.2. The molecule has 3 atom stereocenters. The smallest absolute Gasteiger partial charge is 0.330 e. The number of aromatic amines is 1. The van der Waals surface area contributed by atoms with Crippen LogP contribution in [0, 0.1) is 6.92 Å². The molecule has 3 N–H and O–H groups in total. The number of aromatic nitrogens is 2. The molecule has 0 aliphatic carbocycles. The van der Waals surface area contributed by atoms with Gasteiger partial charge in [-0.05, 0) is 13.8 Å². The second kappa shape index (κ2) is 4.34. The third kappa shape index (κ3) is 2.12. The van der Waals surface area contributed by atoms with Crippen molar-refractivity contribution in [2.24, 2.45) is 0 Å². The highest BCUT2D eigenvalue weighted by Gasteiger charge is 2.44. The van der Waals surface area contributed by atoms with Crippen LogP contribution in [0.15, 0.2) is 15.8 Å². The van der Waals surface area contributed by atoms with E-state index in [2.05, 4.69) is 4.98 Å². The first kappa shape index (κ1) is 13.0. The first-order valence-corrected chi connectivity index (χ1v) is 5.66. The SMILES string of the molecule is Cc1cn([C@@H]2C[C@](C)(O)[C@@H](CO)O2)c(=O)[nH]c1=O. The number of nitrogens with one attached hydrogen (secondary N) is 1. The summed E-state index contributed by atoms with van der Waals surface area (Å²) in [5, 5.41) is 19.1. The van der Waals surface area contributed by atoms with Crippen molar-refractivity contribution in [2.45, 2.75) is 38.2 Å². The number of hydrogen-bond donors (Lipinski definition) is 3. The predicted molar refractivity (Wildman–Crippen MR) is 62.3 cm³/mol. The molecule has 1 aliphatic rings. The fraction of sp³-hybridized carbons (Fsp3) is 0.636. The Balaban J connectivity index is 2.38. The van der Waals surface area contributed by atoms with Crippen LogP contribution < -0.4 is 11.2 Å². The molecule has 0 radical (unpaired) electrons. The highest BCUT2D eigenvalue weighted by atomic mass is 16.5. The Bertz CT molecular complexity index is 559. The normalized spacial score (nSPS) is 31.8. The molecule has 0 aromatic carbocycles. The van der Waals surface area contributed by atoms with Crippen molar-refractivity contribution >= 4 is 0 Å². The minimum atomic E-state index is -1.21. The third-order valence-corrected chi connectivity index (χ3v) is 3.22. The number of ether oxygens (including phenoxy) is 1. The molecular weight excluding hydrogens is 240 g/mol. The van der Waals surface area contributed by atoms with E-state index < -0.39 is 29.2 Å². The number of aryl methyl sites for hydroxylation is 1. The number of hydrogen-bond acceptors (Lipinski definition) is 5. The Labute approximate surface area is 103 Å². The van der Waals surface area contributed by atoms with Gasteiger partial charge in [-0.1, -0.05) is 0 Å². The number of nitrogens with zero attached hydrogens (tertiary/aromatic N) is 1. The lowest BCUT2D eigenvalue weighted by molar-refractivity contribution is -0.0753. The maximum absolute atomic E-state index is 11.7. The van der Waals surface area contributed by atoms with Gasteiger partial charge in [0.1, 0.15) is 12.3 Å². The average molecular weight is 256 g/mol. The highest BCUT2D eigenvalue weighted by Crippen LogP contribution is 2.35. The van der Waals surface area contributed by atoms with Gasteiger partial charge in [0.05, 0.1) is 12.2 Å². The van der Waals surface area contributed by atoms with Crippen molar-refractivity contribution in [3.05, 3.63) is 32.6 Å². The lowest BCUT2D eigenvalue weighted by atomic mass is 9.98. The van der Waals surface area contributed by atoms with Crippen LogP contribution in [0.4, 0.5) is 0 Å². The van der Waals surface area contributed by atoms with E-state index in [1.807, 2.05) is 0 Å². The summed E-state index contributed by atoms with van der Waals surface area (Å²) in [4.78, 5) is 25.1. The summed E-state index contributed by atoms with van der Waals surface area (Å²) < 4.78 is 6.65. The zero-order valence-corrected chi connectivity index (χ0v) is 10.2. The van der Waals surface area contributed by atoms with Gasteiger partial charge in [0, 0.05) is 18.2 Å². The quantitative estimate of drug-likeness (QED) is 0.621. The van der Waals surface area contributed by atoms with Gasteiger partial charge in [0.15, 0.2) is 0 Å². The number of rotatable bonds is 2. The van der Waals surface area contributed by atoms with Crippen molar-refractivity contribution in [2.75, 3.05) is 6.61 Å². The van der Waals surface area contributed by atoms with Crippen LogP contribution in [0.3, 0.4) is 0 Å². The van der Waals surface area contributed by atoms with Crippen LogP contribution in [-0.2, 0) is 4.74 Å². The van der Waals surface area contributed by atoms with Crippen LogP contribution in [0.25, 0.3) is 0 Å². The van der Waals surface area contributed by atoms with Gasteiger partial charge in [0.2, 0.25) is 0 Å². The van der Waals surface area contributed by atoms with Gasteiger partial charge >= 0.3 is 5.69 Å². The van der Waals surface area contributed by atoms with Crippen molar-refractivity contribution in [1.29, 1.82) is 0 Å². The van der Waals surface area contributed by atoms with Gasteiger partial charge in [-0.3, -0.25) is 14.3 Å². The van der Waals surface area contributed by atoms with E-state index in [-0.39, 0.29) is 13.0 Å². The fourth-order valence-electron chi connectivity index (χ4n) is 2.07. The zero-order chi connectivity index (χ0) is 13.5. The van der Waals surface area contributed by atoms with Gasteiger partial charge < -0.3 is 14.9 Å². The largest absolute Gasteiger partial charge is 0.394 e. The topological polar surface area (TPSA) is 105 Å². The molecule has 0 unspecified atom stereocenters. The number of aliphatic hydroxyl groups excluding tert-OH is 1. The minimum absolute atomic E-state index is 0.170. The summed E-state index contributed by atoms with van der Waals surface area (Å²) in [7, 11) is 0. The van der Waals surface area contributed by atoms with Crippen molar-refractivity contribution in [1.82, 2.24) is 9.55 Å². The molecule has 7 nitrogen and oxygen atoms in total. The number of aliphatic hydroxyl groups is 2. The molecule has 0 saturated carbocycles. The van der Waals surface area contributed by atoms with Gasteiger partial charge in [-0.2, -0.15) is 0 Å². The van der Waals surface area contributed by atoms with E-state index in [1.54, 1.807) is 6.92 Å². The van der Waals surface area contributed by atoms with Crippen LogP contribution >= 0.6 is 0 Å². The molecule has 1 fully saturated rings. The maximum atomic E-state index is 11.7. The van der Waals surface area contributed by atoms with Crippen molar-refractivity contribution in [3.8, 4) is 0 Å². The van der Waals surface area contributed by atoms with E-state index >= 15 is 0 Å². The molecule has 1 aliphatic heterocycles. The Kier molecular flexibility index (Phi) is 3.14. The summed E-state index contributed by atoms with van der Waals surface area (Å²) in [6.45, 7) is 2.78. The molecule has 1 saturated heterocycles. The summed E-state index contributed by atoms with van der Waals surface area (Å²) in [5.41, 5.74) is -1.86. The second-order valence-corrected chi connectivity index (χ2v) is 4.80. The van der Waals surface area contributed by atoms with Crippen LogP contribution in [0.5, 0.6) is 0 Å². The molecule has 0 bridgehead atoms. The second-order valence-electron chi connectivity index (χ2n) is 4.80. The monoisotopic (exact) mass is 256 g/mol. The van der Waals surface area contributed by atoms with E-state index in [9.17, 15) is 14.7 Å². The standard InChI is InChI=1S/C11H16N2O5/c1-6-4-13(10(16)12-9(6)15)8-3-11(2,17)7(5-14)18-8/h4,7-8,14,17H,3,5H2,1-2H3,(H,12,15,16)/t7-,8+,11+/m1/s1. The molecule has 2 heterocycles. The fourth-order valence-corrected chi connectivity index (χ4v) is 2.07. The lowest BCUT2D eigenvalue weighted by Crippen LogP contribution is -2.37. The summed E-state index contributed by atoms with van der Waals surface area (Å²) in [5.74, 6) is 0. The molecule has 1 aromatic rings. The Morgan fingerprint density at radius 1 is 1.61 bits per heavy atom. The lowest BCUT2D eigenvalue weighted by Gasteiger charge is -2.20. The molecule has 100 valence electrons. The molecule has 18 heavy (non-hydrogen) atoms. The van der Waals surface area contributed by atoms with E-state index in [1.165, 1.54) is 17.7 Å². The molecule has 0 amide bonds. The van der Waals surface area contributed by atoms with Crippen LogP contribution in [-0.4, -0.2) is 38.1 Å². The molecule has 1 aromatic heterocycles. The average Bonchev–Trinajstić information content (AvgIpc) is 2.58. The van der Waals surface area contributed by atoms with Crippen LogP contribution in [0.1, 0.15) is 25.1 Å². The Morgan fingerprint density at radius 2 is 2.28 bits per heavy atom. The Morgan fingerprint density at radius 3 is 2.83 bits per heavy atom. The van der Waals surface area contributed by atoms with E-state index in [4.69, 9.17) is 9.84 Å². The van der Waals surface area contributed by atoms with Gasteiger partial charge in [-0.25, -0.2) is 4.79 Å². The highest BCUT2D eigenvalue weighted by molar-refractivity contribution is 5.03. The molecule has 0 spiro atoms. The molecular formula is C11H16N2O5. The molecule has 7 heteroatoms. The first-order chi connectivity index (χ1) is 8.35. The summed E-state index contributed by atoms with van der Waals surface area (Å²) >= 11 is 0. The predicted octanol–water partition coefficient (Wildman–Crippen LogP) is -1.12. The van der Waals surface area contributed by atoms with Gasteiger partial charge in [-0.15, -0.1) is 0 Å². The molecule has 2 rings (SSSR count). The van der Waals surface area contributed by atoms with Crippen molar-refractivity contribution in [3.63, 3.8) is 0 Å².